The number of thiophene rings is 1. The van der Waals surface area contributed by atoms with Gasteiger partial charge in [0, 0.05) is 23.9 Å². The third-order valence-electron chi connectivity index (χ3n) is 5.78. The summed E-state index contributed by atoms with van der Waals surface area (Å²) >= 11 is 1.35. The van der Waals surface area contributed by atoms with Crippen molar-refractivity contribution in [3.63, 3.8) is 0 Å². The van der Waals surface area contributed by atoms with E-state index in [9.17, 15) is 18.8 Å². The van der Waals surface area contributed by atoms with Crippen LogP contribution in [0.5, 0.6) is 0 Å². The summed E-state index contributed by atoms with van der Waals surface area (Å²) in [6, 6.07) is 15.2. The molecule has 0 atom stereocenters. The van der Waals surface area contributed by atoms with Gasteiger partial charge in [0.15, 0.2) is 0 Å². The number of anilines is 1. The fraction of sp³-hybridized carbons (Fsp3) is 0.200. The highest BCUT2D eigenvalue weighted by atomic mass is 32.1. The largest absolute Gasteiger partial charge is 0.321 e. The fourth-order valence-corrected chi connectivity index (χ4v) is 5.02. The van der Waals surface area contributed by atoms with Gasteiger partial charge in [-0.1, -0.05) is 24.3 Å². The second-order valence-electron chi connectivity index (χ2n) is 8.22. The molecule has 9 heteroatoms. The number of halogens is 1. The topological polar surface area (TPSA) is 84.3 Å². The maximum absolute atomic E-state index is 13.2. The average molecular weight is 477 g/mol. The van der Waals surface area contributed by atoms with Gasteiger partial charge < -0.3 is 5.32 Å². The number of carbonyl (C=O) groups is 3. The number of hydrogen-bond donors (Lipinski definition) is 1. The Balaban J connectivity index is 1.29. The summed E-state index contributed by atoms with van der Waals surface area (Å²) in [6.07, 6.45) is 0.534. The predicted octanol–water partition coefficient (Wildman–Crippen LogP) is 4.49. The zero-order valence-corrected chi connectivity index (χ0v) is 19.2. The van der Waals surface area contributed by atoms with Gasteiger partial charge in [-0.05, 0) is 48.4 Å². The number of aromatic nitrogens is 2. The van der Waals surface area contributed by atoms with Gasteiger partial charge in [0.25, 0.3) is 5.91 Å². The maximum atomic E-state index is 13.2. The lowest BCUT2D eigenvalue weighted by molar-refractivity contribution is -0.139. The molecule has 5 rings (SSSR count). The molecule has 4 aromatic rings. The van der Waals surface area contributed by atoms with Crippen molar-refractivity contribution in [2.24, 2.45) is 0 Å². The van der Waals surface area contributed by atoms with Crippen molar-refractivity contribution in [3.05, 3.63) is 82.1 Å². The van der Waals surface area contributed by atoms with Crippen LogP contribution in [0.3, 0.4) is 0 Å². The lowest BCUT2D eigenvalue weighted by Gasteiger charge is -2.14. The molecule has 1 N–H and O–H groups in total. The van der Waals surface area contributed by atoms with E-state index in [0.29, 0.717) is 17.1 Å². The van der Waals surface area contributed by atoms with Crippen LogP contribution in [0.15, 0.2) is 54.6 Å². The van der Waals surface area contributed by atoms with Crippen molar-refractivity contribution in [2.45, 2.75) is 32.9 Å². The fourth-order valence-electron chi connectivity index (χ4n) is 3.96. The van der Waals surface area contributed by atoms with Gasteiger partial charge in [-0.2, -0.15) is 5.10 Å². The summed E-state index contributed by atoms with van der Waals surface area (Å²) in [5, 5.41) is 8.37. The zero-order valence-electron chi connectivity index (χ0n) is 18.4. The molecule has 0 bridgehead atoms. The number of rotatable bonds is 6. The Labute approximate surface area is 198 Å². The maximum Gasteiger partial charge on any atom is 0.265 e. The molecule has 1 aliphatic heterocycles. The Bertz CT molecular complexity index is 1390. The van der Waals surface area contributed by atoms with Gasteiger partial charge in [-0.25, -0.2) is 4.39 Å². The molecule has 0 saturated carbocycles. The van der Waals surface area contributed by atoms with E-state index in [4.69, 9.17) is 0 Å². The molecule has 1 saturated heterocycles. The minimum atomic E-state index is -0.285. The van der Waals surface area contributed by atoms with Crippen molar-refractivity contribution >= 4 is 45.0 Å². The number of nitrogens with zero attached hydrogens (tertiary/aromatic N) is 3. The van der Waals surface area contributed by atoms with E-state index in [1.807, 2.05) is 17.7 Å². The lowest BCUT2D eigenvalue weighted by Crippen LogP contribution is -2.28. The number of hydrogen-bond acceptors (Lipinski definition) is 5. The Hall–Kier alpha value is -3.85. The second-order valence-corrected chi connectivity index (χ2v) is 9.25. The van der Waals surface area contributed by atoms with Gasteiger partial charge in [0.2, 0.25) is 11.8 Å². The van der Waals surface area contributed by atoms with Gasteiger partial charge in [-0.3, -0.25) is 24.0 Å². The Morgan fingerprint density at radius 2 is 1.62 bits per heavy atom. The number of nitrogens with one attached hydrogen (secondary N) is 1. The Morgan fingerprint density at radius 1 is 1.00 bits per heavy atom. The highest BCUT2D eigenvalue weighted by Crippen LogP contribution is 2.29. The quantitative estimate of drug-likeness (QED) is 0.416. The van der Waals surface area contributed by atoms with Crippen molar-refractivity contribution in [1.82, 2.24) is 14.7 Å². The van der Waals surface area contributed by atoms with Crippen molar-refractivity contribution in [3.8, 4) is 0 Å². The predicted molar refractivity (Wildman–Crippen MR) is 127 cm³/mol. The number of aryl methyl sites for hydroxylation is 1. The van der Waals surface area contributed by atoms with Crippen LogP contribution in [-0.2, 0) is 22.7 Å². The molecule has 0 unspecified atom stereocenters. The number of imide groups is 1. The minimum Gasteiger partial charge on any atom is -0.321 e. The van der Waals surface area contributed by atoms with Gasteiger partial charge >= 0.3 is 0 Å². The van der Waals surface area contributed by atoms with Crippen LogP contribution >= 0.6 is 11.3 Å². The lowest BCUT2D eigenvalue weighted by atomic mass is 10.2. The molecule has 2 aromatic heterocycles. The molecule has 3 amide bonds. The summed E-state index contributed by atoms with van der Waals surface area (Å²) in [4.78, 5) is 39.2. The van der Waals surface area contributed by atoms with E-state index in [1.165, 1.54) is 28.4 Å². The van der Waals surface area contributed by atoms with Crippen molar-refractivity contribution in [1.29, 1.82) is 0 Å². The van der Waals surface area contributed by atoms with Gasteiger partial charge in [0.05, 0.1) is 23.7 Å². The monoisotopic (exact) mass is 476 g/mol. The van der Waals surface area contributed by atoms with E-state index < -0.39 is 0 Å². The Morgan fingerprint density at radius 3 is 2.29 bits per heavy atom. The third kappa shape index (κ3) is 4.34. The first kappa shape index (κ1) is 22.0. The van der Waals surface area contributed by atoms with Crippen LogP contribution < -0.4 is 5.32 Å². The molecular weight excluding hydrogens is 455 g/mol. The van der Waals surface area contributed by atoms with Crippen LogP contribution in [-0.4, -0.2) is 32.4 Å². The molecule has 1 aliphatic rings. The molecular formula is C25H21FN4O3S. The van der Waals surface area contributed by atoms with Crippen molar-refractivity contribution in [2.75, 3.05) is 5.32 Å². The minimum absolute atomic E-state index is 0.152. The molecule has 34 heavy (non-hydrogen) atoms. The van der Waals surface area contributed by atoms with Crippen LogP contribution in [0.2, 0.25) is 0 Å². The average Bonchev–Trinajstić information content (AvgIpc) is 3.48. The third-order valence-corrected chi connectivity index (χ3v) is 6.93. The molecule has 2 aromatic carbocycles. The van der Waals surface area contributed by atoms with E-state index in [2.05, 4.69) is 10.4 Å². The number of carbonyl (C=O) groups excluding carboxylic acids is 3. The SMILES string of the molecule is Cc1nn(Cc2ccc(F)cc2)c2sc(C(=O)Nc3ccc(CN4C(=O)CCC4=O)cc3)cc12. The molecule has 3 heterocycles. The molecule has 7 nitrogen and oxygen atoms in total. The van der Waals surface area contributed by atoms with Crippen LogP contribution in [0, 0.1) is 12.7 Å². The van der Waals surface area contributed by atoms with E-state index >= 15 is 0 Å². The van der Waals surface area contributed by atoms with Crippen LogP contribution in [0.25, 0.3) is 10.2 Å². The van der Waals surface area contributed by atoms with Crippen molar-refractivity contribution < 1.29 is 18.8 Å². The van der Waals surface area contributed by atoms with Gasteiger partial charge in [-0.15, -0.1) is 11.3 Å². The summed E-state index contributed by atoms with van der Waals surface area (Å²) < 4.78 is 15.0. The zero-order chi connectivity index (χ0) is 23.8. The number of fused-ring (bicyclic) bond motifs is 1. The van der Waals surface area contributed by atoms with Gasteiger partial charge in [0.1, 0.15) is 10.6 Å². The summed E-state index contributed by atoms with van der Waals surface area (Å²) in [6.45, 7) is 2.62. The first-order valence-corrected chi connectivity index (χ1v) is 11.6. The Kier molecular flexibility index (Phi) is 5.70. The smallest absolute Gasteiger partial charge is 0.265 e. The standard InChI is InChI=1S/C25H21FN4O3S/c1-15-20-12-21(34-25(20)30(28-15)14-17-2-6-18(26)7-3-17)24(33)27-19-8-4-16(5-9-19)13-29-22(31)10-11-23(29)32/h2-9,12H,10-11,13-14H2,1H3,(H,27,33). The number of likely N-dealkylation sites (tertiary alicyclic amines) is 1. The molecule has 1 fully saturated rings. The first-order valence-electron chi connectivity index (χ1n) is 10.8. The van der Waals surface area contributed by atoms with E-state index in [-0.39, 0.29) is 42.9 Å². The number of benzene rings is 2. The van der Waals surface area contributed by atoms with E-state index in [1.54, 1.807) is 36.4 Å². The van der Waals surface area contributed by atoms with E-state index in [0.717, 1.165) is 27.0 Å². The summed E-state index contributed by atoms with van der Waals surface area (Å²) in [5.74, 6) is -0.820. The molecule has 172 valence electrons. The summed E-state index contributed by atoms with van der Waals surface area (Å²) in [7, 11) is 0. The summed E-state index contributed by atoms with van der Waals surface area (Å²) in [5.41, 5.74) is 3.18. The highest BCUT2D eigenvalue weighted by molar-refractivity contribution is 7.20. The molecule has 0 spiro atoms. The first-order chi connectivity index (χ1) is 16.4. The van der Waals surface area contributed by atoms with Crippen LogP contribution in [0.1, 0.15) is 39.3 Å². The molecule has 0 aliphatic carbocycles. The molecule has 0 radical (unpaired) electrons. The second kappa shape index (κ2) is 8.83. The van der Waals surface area contributed by atoms with Crippen LogP contribution in [0.4, 0.5) is 10.1 Å². The number of amides is 3. The normalized spacial score (nSPS) is 13.8. The highest BCUT2D eigenvalue weighted by Gasteiger charge is 2.28.